The molecule has 2 aromatic carbocycles. The van der Waals surface area contributed by atoms with E-state index in [0.717, 1.165) is 0 Å². The second kappa shape index (κ2) is 7.31. The molecule has 3 aromatic rings. The van der Waals surface area contributed by atoms with Crippen molar-refractivity contribution in [3.8, 4) is 5.75 Å². The molecular weight excluding hydrogens is 386 g/mol. The highest BCUT2D eigenvalue weighted by Crippen LogP contribution is 2.45. The summed E-state index contributed by atoms with van der Waals surface area (Å²) in [5, 5.41) is 25.3. The number of aliphatic hydroxyl groups excluding tert-OH is 1. The van der Waals surface area contributed by atoms with Gasteiger partial charge in [0.15, 0.2) is 0 Å². The molecule has 1 aromatic heterocycles. The average molecular weight is 407 g/mol. The van der Waals surface area contributed by atoms with Crippen molar-refractivity contribution >= 4 is 17.3 Å². The lowest BCUT2D eigenvalue weighted by Gasteiger charge is -2.42. The first-order valence-corrected chi connectivity index (χ1v) is 9.46. The van der Waals surface area contributed by atoms with Crippen molar-refractivity contribution in [2.75, 3.05) is 5.32 Å². The van der Waals surface area contributed by atoms with Crippen molar-refractivity contribution in [3.63, 3.8) is 0 Å². The molecule has 2 heterocycles. The predicted molar refractivity (Wildman–Crippen MR) is 111 cm³/mol. The molecule has 8 heteroatoms. The molecule has 1 aliphatic heterocycles. The van der Waals surface area contributed by atoms with Gasteiger partial charge in [-0.25, -0.2) is 0 Å². The quantitative estimate of drug-likeness (QED) is 0.506. The number of anilines is 1. The number of rotatable bonds is 4. The van der Waals surface area contributed by atoms with E-state index in [4.69, 9.17) is 4.74 Å². The highest BCUT2D eigenvalue weighted by molar-refractivity contribution is 6.05. The van der Waals surface area contributed by atoms with Crippen molar-refractivity contribution in [1.82, 2.24) is 4.57 Å². The molecule has 30 heavy (non-hydrogen) atoms. The second-order valence-corrected chi connectivity index (χ2v) is 7.71. The molecule has 2 N–H and O–H groups in total. The maximum Gasteiger partial charge on any atom is 0.296 e. The Morgan fingerprint density at radius 3 is 2.47 bits per heavy atom. The van der Waals surface area contributed by atoms with Crippen LogP contribution in [0, 0.1) is 10.1 Å². The Labute approximate surface area is 172 Å². The van der Waals surface area contributed by atoms with E-state index in [9.17, 15) is 20.0 Å². The molecular formula is C22H21N3O5. The second-order valence-electron chi connectivity index (χ2n) is 7.71. The van der Waals surface area contributed by atoms with Gasteiger partial charge in [0.05, 0.1) is 17.0 Å². The molecule has 0 bridgehead atoms. The highest BCUT2D eigenvalue weighted by Gasteiger charge is 2.44. The molecule has 1 aliphatic rings. The summed E-state index contributed by atoms with van der Waals surface area (Å²) in [6, 6.07) is 14.4. The van der Waals surface area contributed by atoms with Crippen LogP contribution < -0.4 is 10.1 Å². The summed E-state index contributed by atoms with van der Waals surface area (Å²) < 4.78 is 7.74. The molecule has 0 saturated carbocycles. The first-order chi connectivity index (χ1) is 14.3. The first-order valence-electron chi connectivity index (χ1n) is 9.46. The SMILES string of the molecule is CC1(C)Oc2cc([N+](=O)[O-])c(NC(=O)c3ccccc3)cc2C(n2cccc2)C1O. The van der Waals surface area contributed by atoms with Gasteiger partial charge in [-0.05, 0) is 44.2 Å². The van der Waals surface area contributed by atoms with Crippen LogP contribution >= 0.6 is 0 Å². The van der Waals surface area contributed by atoms with E-state index in [2.05, 4.69) is 5.32 Å². The lowest BCUT2D eigenvalue weighted by Crippen LogP contribution is -2.50. The smallest absolute Gasteiger partial charge is 0.296 e. The minimum Gasteiger partial charge on any atom is -0.484 e. The third-order valence-corrected chi connectivity index (χ3v) is 5.26. The van der Waals surface area contributed by atoms with Gasteiger partial charge in [-0.3, -0.25) is 14.9 Å². The summed E-state index contributed by atoms with van der Waals surface area (Å²) >= 11 is 0. The third kappa shape index (κ3) is 3.42. The molecule has 8 nitrogen and oxygen atoms in total. The fourth-order valence-electron chi connectivity index (χ4n) is 3.69. The van der Waals surface area contributed by atoms with E-state index in [-0.39, 0.29) is 11.4 Å². The van der Waals surface area contributed by atoms with E-state index < -0.39 is 28.6 Å². The number of carbonyl (C=O) groups excluding carboxylic acids is 1. The molecule has 154 valence electrons. The molecule has 2 atom stereocenters. The van der Waals surface area contributed by atoms with Crippen LogP contribution in [0.3, 0.4) is 0 Å². The molecule has 0 saturated heterocycles. The summed E-state index contributed by atoms with van der Waals surface area (Å²) in [5.74, 6) is -0.165. The van der Waals surface area contributed by atoms with Crippen LogP contribution in [0.4, 0.5) is 11.4 Å². The van der Waals surface area contributed by atoms with Crippen molar-refractivity contribution in [2.45, 2.75) is 31.6 Å². The van der Waals surface area contributed by atoms with Crippen molar-refractivity contribution in [1.29, 1.82) is 0 Å². The average Bonchev–Trinajstić information content (AvgIpc) is 3.23. The number of nitro benzene ring substituents is 1. The summed E-state index contributed by atoms with van der Waals surface area (Å²) in [7, 11) is 0. The van der Waals surface area contributed by atoms with E-state index in [1.165, 1.54) is 12.1 Å². The van der Waals surface area contributed by atoms with E-state index in [1.54, 1.807) is 44.2 Å². The maximum absolute atomic E-state index is 12.6. The summed E-state index contributed by atoms with van der Waals surface area (Å²) in [5.41, 5.74) is -0.280. The van der Waals surface area contributed by atoms with E-state index >= 15 is 0 Å². The number of hydrogen-bond donors (Lipinski definition) is 2. The summed E-state index contributed by atoms with van der Waals surface area (Å²) in [4.78, 5) is 23.8. The Hall–Kier alpha value is -3.65. The van der Waals surface area contributed by atoms with Crippen molar-refractivity contribution < 1.29 is 19.6 Å². The minimum absolute atomic E-state index is 0.0419. The molecule has 4 rings (SSSR count). The zero-order valence-electron chi connectivity index (χ0n) is 16.5. The number of nitrogens with zero attached hydrogens (tertiary/aromatic N) is 2. The number of amides is 1. The fourth-order valence-corrected chi connectivity index (χ4v) is 3.69. The number of nitro groups is 1. The zero-order chi connectivity index (χ0) is 21.5. The van der Waals surface area contributed by atoms with Gasteiger partial charge in [0.1, 0.15) is 23.1 Å². The largest absolute Gasteiger partial charge is 0.484 e. The number of fused-ring (bicyclic) bond motifs is 1. The molecule has 0 spiro atoms. The third-order valence-electron chi connectivity index (χ3n) is 5.26. The van der Waals surface area contributed by atoms with E-state index in [0.29, 0.717) is 16.9 Å². The Kier molecular flexibility index (Phi) is 4.79. The first kappa shape index (κ1) is 19.7. The zero-order valence-corrected chi connectivity index (χ0v) is 16.5. The number of hydrogen-bond acceptors (Lipinski definition) is 5. The fraction of sp³-hybridized carbons (Fsp3) is 0.227. The predicted octanol–water partition coefficient (Wildman–Crippen LogP) is 3.77. The van der Waals surface area contributed by atoms with E-state index in [1.807, 2.05) is 29.1 Å². The number of aromatic nitrogens is 1. The summed E-state index contributed by atoms with van der Waals surface area (Å²) in [6.45, 7) is 3.46. The normalized spacial score (nSPS) is 19.4. The van der Waals surface area contributed by atoms with Gasteiger partial charge in [-0.2, -0.15) is 0 Å². The summed E-state index contributed by atoms with van der Waals surface area (Å²) in [6.07, 6.45) is 2.70. The van der Waals surface area contributed by atoms with Crippen LogP contribution in [-0.4, -0.2) is 32.2 Å². The topological polar surface area (TPSA) is 107 Å². The standard InChI is InChI=1S/C22H21N3O5/c1-22(2)20(26)19(24-10-6-7-11-24)15-12-16(17(25(28)29)13-18(15)30-22)23-21(27)14-8-4-3-5-9-14/h3-13,19-20,26H,1-2H3,(H,23,27). The van der Waals surface area contributed by atoms with Crippen molar-refractivity contribution in [2.24, 2.45) is 0 Å². The van der Waals surface area contributed by atoms with Crippen LogP contribution in [0.1, 0.15) is 35.8 Å². The van der Waals surface area contributed by atoms with Gasteiger partial charge >= 0.3 is 0 Å². The molecule has 0 fully saturated rings. The highest BCUT2D eigenvalue weighted by atomic mass is 16.6. The molecule has 1 amide bonds. The minimum atomic E-state index is -0.968. The lowest BCUT2D eigenvalue weighted by molar-refractivity contribution is -0.384. The molecule has 0 aliphatic carbocycles. The van der Waals surface area contributed by atoms with Crippen LogP contribution in [0.15, 0.2) is 67.0 Å². The Bertz CT molecular complexity index is 1090. The van der Waals surface area contributed by atoms with Crippen LogP contribution in [0.5, 0.6) is 5.75 Å². The molecule has 2 unspecified atom stereocenters. The number of nitrogens with one attached hydrogen (secondary N) is 1. The number of benzene rings is 2. The monoisotopic (exact) mass is 407 g/mol. The van der Waals surface area contributed by atoms with Gasteiger partial charge in [0.2, 0.25) is 0 Å². The molecule has 0 radical (unpaired) electrons. The van der Waals surface area contributed by atoms with Crippen LogP contribution in [0.25, 0.3) is 0 Å². The Morgan fingerprint density at radius 2 is 1.83 bits per heavy atom. The van der Waals surface area contributed by atoms with Gasteiger partial charge in [-0.15, -0.1) is 0 Å². The Balaban J connectivity index is 1.83. The van der Waals surface area contributed by atoms with Gasteiger partial charge in [-0.1, -0.05) is 18.2 Å². The van der Waals surface area contributed by atoms with Crippen LogP contribution in [0.2, 0.25) is 0 Å². The van der Waals surface area contributed by atoms with Crippen LogP contribution in [-0.2, 0) is 0 Å². The number of aliphatic hydroxyl groups is 1. The number of carbonyl (C=O) groups is 1. The van der Waals surface area contributed by atoms with Gasteiger partial charge in [0, 0.05) is 23.5 Å². The van der Waals surface area contributed by atoms with Gasteiger partial charge in [0.25, 0.3) is 11.6 Å². The maximum atomic E-state index is 12.6. The van der Waals surface area contributed by atoms with Crippen molar-refractivity contribution in [3.05, 3.63) is 88.2 Å². The lowest BCUT2D eigenvalue weighted by atomic mass is 9.86. The Morgan fingerprint density at radius 1 is 1.17 bits per heavy atom. The van der Waals surface area contributed by atoms with Gasteiger partial charge < -0.3 is 19.7 Å². The number of ether oxygens (including phenoxy) is 1.